The molecule has 0 unspecified atom stereocenters. The second-order valence-electron chi connectivity index (χ2n) is 5.29. The van der Waals surface area contributed by atoms with Gasteiger partial charge in [0.25, 0.3) is 0 Å². The summed E-state index contributed by atoms with van der Waals surface area (Å²) in [6, 6.07) is 9.83. The summed E-state index contributed by atoms with van der Waals surface area (Å²) in [5.74, 6) is -0.528. The number of nitrogen functional groups attached to an aromatic ring is 2. The summed E-state index contributed by atoms with van der Waals surface area (Å²) in [5.41, 5.74) is 15.1. The van der Waals surface area contributed by atoms with E-state index < -0.39 is 5.82 Å². The van der Waals surface area contributed by atoms with E-state index in [0.717, 1.165) is 12.8 Å². The number of fused-ring (bicyclic) bond motifs is 1. The van der Waals surface area contributed by atoms with Crippen LogP contribution in [0.1, 0.15) is 11.1 Å². The summed E-state index contributed by atoms with van der Waals surface area (Å²) in [4.78, 5) is 1.95. The highest BCUT2D eigenvalue weighted by Gasteiger charge is 2.22. The molecule has 3 rings (SSSR count). The number of hydrogen-bond donors (Lipinski definition) is 2. The molecule has 1 aliphatic rings. The van der Waals surface area contributed by atoms with E-state index in [0.29, 0.717) is 24.5 Å². The van der Waals surface area contributed by atoms with Gasteiger partial charge in [0.2, 0.25) is 0 Å². The van der Waals surface area contributed by atoms with Gasteiger partial charge in [0.05, 0.1) is 17.1 Å². The van der Waals surface area contributed by atoms with Crippen LogP contribution in [0.25, 0.3) is 0 Å². The summed E-state index contributed by atoms with van der Waals surface area (Å²) >= 11 is 5.92. The first kappa shape index (κ1) is 14.0. The molecule has 3 nitrogen and oxygen atoms in total. The molecule has 0 saturated heterocycles. The highest BCUT2D eigenvalue weighted by atomic mass is 35.5. The number of hydrogen-bond acceptors (Lipinski definition) is 3. The van der Waals surface area contributed by atoms with Gasteiger partial charge in [-0.25, -0.2) is 4.39 Å². The normalized spacial score (nSPS) is 14.7. The Kier molecular flexibility index (Phi) is 3.64. The fourth-order valence-corrected chi connectivity index (χ4v) is 3.01. The van der Waals surface area contributed by atoms with Gasteiger partial charge in [0.15, 0.2) is 5.82 Å². The van der Waals surface area contributed by atoms with Gasteiger partial charge >= 0.3 is 0 Å². The lowest BCUT2D eigenvalue weighted by Gasteiger charge is -2.25. The maximum absolute atomic E-state index is 14.4. The maximum Gasteiger partial charge on any atom is 0.169 e. The van der Waals surface area contributed by atoms with Crippen LogP contribution in [0.4, 0.5) is 21.5 Å². The van der Waals surface area contributed by atoms with Crippen LogP contribution in [0.3, 0.4) is 0 Å². The Labute approximate surface area is 128 Å². The zero-order chi connectivity index (χ0) is 15.0. The Balaban J connectivity index is 1.95. The molecule has 1 heterocycles. The molecule has 5 heteroatoms. The summed E-state index contributed by atoms with van der Waals surface area (Å²) in [7, 11) is 0. The third-order valence-electron chi connectivity index (χ3n) is 3.98. The predicted octanol–water partition coefficient (Wildman–Crippen LogP) is 3.25. The topological polar surface area (TPSA) is 55.3 Å². The van der Waals surface area contributed by atoms with Crippen LogP contribution in [-0.4, -0.2) is 13.1 Å². The lowest BCUT2D eigenvalue weighted by Crippen LogP contribution is -2.28. The van der Waals surface area contributed by atoms with Gasteiger partial charge in [-0.05, 0) is 30.0 Å². The Morgan fingerprint density at radius 1 is 1.00 bits per heavy atom. The van der Waals surface area contributed by atoms with Crippen molar-refractivity contribution in [1.82, 2.24) is 0 Å². The number of benzene rings is 2. The zero-order valence-electron chi connectivity index (χ0n) is 11.6. The second-order valence-corrected chi connectivity index (χ2v) is 5.67. The van der Waals surface area contributed by atoms with E-state index in [1.165, 1.54) is 17.2 Å². The van der Waals surface area contributed by atoms with Crippen molar-refractivity contribution in [1.29, 1.82) is 0 Å². The minimum atomic E-state index is -0.528. The standard InChI is InChI=1S/C16H17ClFN3/c17-14-12(19)9-13(20)16(15(14)18)21-7-5-10-3-1-2-4-11(10)6-8-21/h1-4,9H,5-8,19-20H2. The summed E-state index contributed by atoms with van der Waals surface area (Å²) in [6.45, 7) is 1.41. The molecular weight excluding hydrogens is 289 g/mol. The Bertz CT molecular complexity index is 660. The number of anilines is 3. The monoisotopic (exact) mass is 305 g/mol. The predicted molar refractivity (Wildman–Crippen MR) is 86.3 cm³/mol. The molecule has 4 N–H and O–H groups in total. The van der Waals surface area contributed by atoms with Crippen LogP contribution < -0.4 is 16.4 Å². The molecule has 0 radical (unpaired) electrons. The lowest BCUT2D eigenvalue weighted by molar-refractivity contribution is 0.619. The molecule has 21 heavy (non-hydrogen) atoms. The van der Waals surface area contributed by atoms with Crippen molar-refractivity contribution in [2.24, 2.45) is 0 Å². The van der Waals surface area contributed by atoms with Crippen molar-refractivity contribution in [2.75, 3.05) is 29.5 Å². The molecule has 0 aliphatic carbocycles. The van der Waals surface area contributed by atoms with Gasteiger partial charge in [-0.3, -0.25) is 0 Å². The van der Waals surface area contributed by atoms with E-state index in [4.69, 9.17) is 23.1 Å². The Morgan fingerprint density at radius 3 is 2.14 bits per heavy atom. The van der Waals surface area contributed by atoms with Crippen molar-refractivity contribution >= 4 is 28.7 Å². The smallest absolute Gasteiger partial charge is 0.169 e. The average Bonchev–Trinajstić information content (AvgIpc) is 2.68. The van der Waals surface area contributed by atoms with E-state index in [1.54, 1.807) is 0 Å². The van der Waals surface area contributed by atoms with Crippen LogP contribution in [0.2, 0.25) is 5.02 Å². The van der Waals surface area contributed by atoms with Gasteiger partial charge in [0, 0.05) is 13.1 Å². The molecule has 0 saturated carbocycles. The van der Waals surface area contributed by atoms with Gasteiger partial charge in [-0.15, -0.1) is 0 Å². The van der Waals surface area contributed by atoms with Crippen molar-refractivity contribution in [3.8, 4) is 0 Å². The van der Waals surface area contributed by atoms with Crippen LogP contribution in [-0.2, 0) is 12.8 Å². The number of nitrogens with zero attached hydrogens (tertiary/aromatic N) is 1. The first-order chi connectivity index (χ1) is 10.1. The molecule has 0 fully saturated rings. The molecule has 0 atom stereocenters. The maximum atomic E-state index is 14.4. The van der Waals surface area contributed by atoms with Crippen LogP contribution >= 0.6 is 11.6 Å². The number of halogens is 2. The van der Waals surface area contributed by atoms with Crippen LogP contribution in [0.15, 0.2) is 30.3 Å². The van der Waals surface area contributed by atoms with Gasteiger partial charge < -0.3 is 16.4 Å². The van der Waals surface area contributed by atoms with Crippen molar-refractivity contribution < 1.29 is 4.39 Å². The van der Waals surface area contributed by atoms with Crippen LogP contribution in [0, 0.1) is 5.82 Å². The quantitative estimate of drug-likeness (QED) is 0.795. The highest BCUT2D eigenvalue weighted by Crippen LogP contribution is 2.37. The minimum absolute atomic E-state index is 0.0547. The minimum Gasteiger partial charge on any atom is -0.397 e. The molecule has 110 valence electrons. The third kappa shape index (κ3) is 2.51. The van der Waals surface area contributed by atoms with Crippen molar-refractivity contribution in [3.63, 3.8) is 0 Å². The van der Waals surface area contributed by atoms with Gasteiger partial charge in [-0.2, -0.15) is 0 Å². The van der Waals surface area contributed by atoms with E-state index in [9.17, 15) is 4.39 Å². The van der Waals surface area contributed by atoms with Crippen molar-refractivity contribution in [2.45, 2.75) is 12.8 Å². The van der Waals surface area contributed by atoms with Gasteiger partial charge in [-0.1, -0.05) is 35.9 Å². The molecule has 2 aromatic carbocycles. The van der Waals surface area contributed by atoms with Gasteiger partial charge in [0.1, 0.15) is 5.02 Å². The number of nitrogens with two attached hydrogens (primary N) is 2. The van der Waals surface area contributed by atoms with Crippen molar-refractivity contribution in [3.05, 3.63) is 52.3 Å². The Hall–Kier alpha value is -1.94. The first-order valence-corrected chi connectivity index (χ1v) is 7.30. The lowest BCUT2D eigenvalue weighted by atomic mass is 10.0. The molecule has 0 amide bonds. The van der Waals surface area contributed by atoms with Crippen LogP contribution in [0.5, 0.6) is 0 Å². The highest BCUT2D eigenvalue weighted by molar-refractivity contribution is 6.33. The van der Waals surface area contributed by atoms with E-state index >= 15 is 0 Å². The Morgan fingerprint density at radius 2 is 1.57 bits per heavy atom. The first-order valence-electron chi connectivity index (χ1n) is 6.92. The largest absolute Gasteiger partial charge is 0.397 e. The molecular formula is C16H17ClFN3. The fraction of sp³-hybridized carbons (Fsp3) is 0.250. The number of rotatable bonds is 1. The zero-order valence-corrected chi connectivity index (χ0v) is 12.3. The second kappa shape index (κ2) is 5.45. The van der Waals surface area contributed by atoms with E-state index in [1.807, 2.05) is 17.0 Å². The fourth-order valence-electron chi connectivity index (χ4n) is 2.87. The van der Waals surface area contributed by atoms with E-state index in [2.05, 4.69) is 12.1 Å². The molecule has 1 aliphatic heterocycles. The molecule has 0 spiro atoms. The molecule has 2 aromatic rings. The average molecular weight is 306 g/mol. The van der Waals surface area contributed by atoms with E-state index in [-0.39, 0.29) is 10.7 Å². The summed E-state index contributed by atoms with van der Waals surface area (Å²) < 4.78 is 14.4. The summed E-state index contributed by atoms with van der Waals surface area (Å²) in [6.07, 6.45) is 1.72. The third-order valence-corrected chi connectivity index (χ3v) is 4.36. The molecule has 0 bridgehead atoms. The SMILES string of the molecule is Nc1cc(N)c(N2CCc3ccccc3CC2)c(F)c1Cl. The molecule has 0 aromatic heterocycles. The summed E-state index contributed by atoms with van der Waals surface area (Å²) in [5, 5.41) is -0.0547.